The van der Waals surface area contributed by atoms with E-state index in [1.807, 2.05) is 12.1 Å². The van der Waals surface area contributed by atoms with E-state index < -0.39 is 0 Å². The molecule has 0 fully saturated rings. The first kappa shape index (κ1) is 15.6. The smallest absolute Gasteiger partial charge is 0.123 e. The van der Waals surface area contributed by atoms with Crippen LogP contribution in [-0.2, 0) is 6.54 Å². The van der Waals surface area contributed by atoms with Gasteiger partial charge in [-0.15, -0.1) is 0 Å². The Balaban J connectivity index is 2.17. The van der Waals surface area contributed by atoms with Gasteiger partial charge in [-0.3, -0.25) is 0 Å². The molecule has 2 aromatic rings. The van der Waals surface area contributed by atoms with Crippen molar-refractivity contribution in [2.24, 2.45) is 0 Å². The molecule has 1 nitrogen and oxygen atoms in total. The lowest BCUT2D eigenvalue weighted by Crippen LogP contribution is -2.04. The van der Waals surface area contributed by atoms with Crippen molar-refractivity contribution in [2.45, 2.75) is 46.1 Å². The highest BCUT2D eigenvalue weighted by molar-refractivity contribution is 5.55. The van der Waals surface area contributed by atoms with E-state index in [2.05, 4.69) is 51.2 Å². The van der Waals surface area contributed by atoms with Crippen LogP contribution in [0.3, 0.4) is 0 Å². The Morgan fingerprint density at radius 1 is 0.905 bits per heavy atom. The average Bonchev–Trinajstić information content (AvgIpc) is 2.46. The van der Waals surface area contributed by atoms with E-state index in [1.54, 1.807) is 0 Å². The molecule has 2 aromatic carbocycles. The molecule has 0 aliphatic carbocycles. The Hall–Kier alpha value is -1.83. The van der Waals surface area contributed by atoms with Crippen LogP contribution < -0.4 is 5.32 Å². The molecule has 0 saturated carbocycles. The molecular weight excluding hydrogens is 261 g/mol. The zero-order valence-corrected chi connectivity index (χ0v) is 13.3. The number of hydrogen-bond acceptors (Lipinski definition) is 1. The summed E-state index contributed by atoms with van der Waals surface area (Å²) in [5.74, 6) is 0.816. The highest BCUT2D eigenvalue weighted by Gasteiger charge is 2.09. The van der Waals surface area contributed by atoms with E-state index in [0.29, 0.717) is 18.4 Å². The fourth-order valence-electron chi connectivity index (χ4n) is 2.38. The summed E-state index contributed by atoms with van der Waals surface area (Å²) in [6, 6.07) is 13.3. The number of hydrogen-bond donors (Lipinski definition) is 1. The van der Waals surface area contributed by atoms with Crippen LogP contribution in [0.15, 0.2) is 42.5 Å². The maximum Gasteiger partial charge on any atom is 0.123 e. The van der Waals surface area contributed by atoms with Gasteiger partial charge in [0.15, 0.2) is 0 Å². The second-order valence-corrected chi connectivity index (χ2v) is 6.14. The van der Waals surface area contributed by atoms with E-state index in [-0.39, 0.29) is 5.82 Å². The quantitative estimate of drug-likeness (QED) is 0.744. The fraction of sp³-hybridized carbons (Fsp3) is 0.368. The largest absolute Gasteiger partial charge is 0.381 e. The van der Waals surface area contributed by atoms with Crippen LogP contribution in [0.1, 0.15) is 56.2 Å². The lowest BCUT2D eigenvalue weighted by molar-refractivity contribution is 0.627. The molecule has 0 aliphatic heterocycles. The van der Waals surface area contributed by atoms with Gasteiger partial charge >= 0.3 is 0 Å². The molecule has 2 rings (SSSR count). The van der Waals surface area contributed by atoms with E-state index >= 15 is 0 Å². The highest BCUT2D eigenvalue weighted by atomic mass is 19.1. The van der Waals surface area contributed by atoms with Crippen molar-refractivity contribution in [1.82, 2.24) is 0 Å². The topological polar surface area (TPSA) is 12.0 Å². The van der Waals surface area contributed by atoms with Crippen LogP contribution in [0.25, 0.3) is 0 Å². The van der Waals surface area contributed by atoms with E-state index in [1.165, 1.54) is 28.9 Å². The molecule has 112 valence electrons. The number of benzene rings is 2. The van der Waals surface area contributed by atoms with Crippen molar-refractivity contribution >= 4 is 5.69 Å². The van der Waals surface area contributed by atoms with Gasteiger partial charge < -0.3 is 5.32 Å². The molecule has 0 aromatic heterocycles. The molecule has 0 aliphatic rings. The summed E-state index contributed by atoms with van der Waals surface area (Å²) >= 11 is 0. The predicted molar refractivity (Wildman–Crippen MR) is 88.3 cm³/mol. The van der Waals surface area contributed by atoms with Gasteiger partial charge in [0.25, 0.3) is 0 Å². The summed E-state index contributed by atoms with van der Waals surface area (Å²) in [4.78, 5) is 0. The maximum atomic E-state index is 12.9. The number of nitrogens with one attached hydrogen (secondary N) is 1. The van der Waals surface area contributed by atoms with E-state index in [9.17, 15) is 4.39 Å². The molecule has 21 heavy (non-hydrogen) atoms. The Morgan fingerprint density at radius 2 is 1.57 bits per heavy atom. The van der Waals surface area contributed by atoms with Gasteiger partial charge in [0.1, 0.15) is 5.82 Å². The minimum atomic E-state index is -0.192. The van der Waals surface area contributed by atoms with Crippen LogP contribution in [0, 0.1) is 5.82 Å². The Bertz CT molecular complexity index is 585. The molecule has 0 saturated heterocycles. The van der Waals surface area contributed by atoms with Crippen molar-refractivity contribution in [3.63, 3.8) is 0 Å². The number of anilines is 1. The molecule has 0 amide bonds. The van der Waals surface area contributed by atoms with Gasteiger partial charge in [-0.25, -0.2) is 4.39 Å². The maximum absolute atomic E-state index is 12.9. The minimum Gasteiger partial charge on any atom is -0.381 e. The Labute approximate surface area is 127 Å². The van der Waals surface area contributed by atoms with Crippen molar-refractivity contribution in [3.05, 3.63) is 65.0 Å². The van der Waals surface area contributed by atoms with Crippen LogP contribution in [0.5, 0.6) is 0 Å². The third-order valence-corrected chi connectivity index (χ3v) is 3.76. The van der Waals surface area contributed by atoms with Gasteiger partial charge in [0, 0.05) is 12.2 Å². The molecular formula is C19H24FN. The van der Waals surface area contributed by atoms with E-state index in [4.69, 9.17) is 0 Å². The third kappa shape index (κ3) is 4.07. The van der Waals surface area contributed by atoms with Crippen molar-refractivity contribution < 1.29 is 4.39 Å². The summed E-state index contributed by atoms with van der Waals surface area (Å²) in [7, 11) is 0. The number of halogens is 1. The highest BCUT2D eigenvalue weighted by Crippen LogP contribution is 2.28. The third-order valence-electron chi connectivity index (χ3n) is 3.76. The summed E-state index contributed by atoms with van der Waals surface area (Å²) < 4.78 is 12.9. The standard InChI is InChI=1S/C19H24FN/c1-13(2)16-7-10-19(18(11-16)14(3)4)21-12-15-5-8-17(20)9-6-15/h5-11,13-14,21H,12H2,1-4H3. The van der Waals surface area contributed by atoms with Gasteiger partial charge in [0.05, 0.1) is 0 Å². The molecule has 0 bridgehead atoms. The predicted octanol–water partition coefficient (Wildman–Crippen LogP) is 5.68. The number of rotatable bonds is 5. The van der Waals surface area contributed by atoms with Gasteiger partial charge in [0.2, 0.25) is 0 Å². The summed E-state index contributed by atoms with van der Waals surface area (Å²) in [6.45, 7) is 9.56. The van der Waals surface area contributed by atoms with Crippen LogP contribution in [-0.4, -0.2) is 0 Å². The molecule has 1 N–H and O–H groups in total. The van der Waals surface area contributed by atoms with Crippen LogP contribution >= 0.6 is 0 Å². The van der Waals surface area contributed by atoms with Crippen molar-refractivity contribution in [2.75, 3.05) is 5.32 Å². The van der Waals surface area contributed by atoms with Gasteiger partial charge in [-0.2, -0.15) is 0 Å². The Morgan fingerprint density at radius 3 is 2.14 bits per heavy atom. The minimum absolute atomic E-state index is 0.192. The normalized spacial score (nSPS) is 11.2. The summed E-state index contributed by atoms with van der Waals surface area (Å²) in [5, 5.41) is 3.47. The summed E-state index contributed by atoms with van der Waals surface area (Å²) in [5.41, 5.74) is 4.95. The summed E-state index contributed by atoms with van der Waals surface area (Å²) in [6.07, 6.45) is 0. The van der Waals surface area contributed by atoms with Gasteiger partial charge in [-0.05, 0) is 46.7 Å². The first-order chi connectivity index (χ1) is 9.97. The van der Waals surface area contributed by atoms with Crippen molar-refractivity contribution in [3.8, 4) is 0 Å². The Kier molecular flexibility index (Phi) is 5.00. The second kappa shape index (κ2) is 6.75. The van der Waals surface area contributed by atoms with Crippen LogP contribution in [0.4, 0.5) is 10.1 Å². The van der Waals surface area contributed by atoms with Crippen LogP contribution in [0.2, 0.25) is 0 Å². The monoisotopic (exact) mass is 285 g/mol. The first-order valence-corrected chi connectivity index (χ1v) is 7.59. The van der Waals surface area contributed by atoms with E-state index in [0.717, 1.165) is 5.56 Å². The van der Waals surface area contributed by atoms with Crippen molar-refractivity contribution in [1.29, 1.82) is 0 Å². The zero-order valence-electron chi connectivity index (χ0n) is 13.3. The molecule has 0 atom stereocenters. The first-order valence-electron chi connectivity index (χ1n) is 7.59. The SMILES string of the molecule is CC(C)c1ccc(NCc2ccc(F)cc2)c(C(C)C)c1. The lowest BCUT2D eigenvalue weighted by Gasteiger charge is -2.17. The molecule has 0 heterocycles. The molecule has 0 unspecified atom stereocenters. The second-order valence-electron chi connectivity index (χ2n) is 6.14. The zero-order chi connectivity index (χ0) is 15.4. The fourth-order valence-corrected chi connectivity index (χ4v) is 2.38. The molecule has 0 radical (unpaired) electrons. The lowest BCUT2D eigenvalue weighted by atomic mass is 9.94. The molecule has 0 spiro atoms. The average molecular weight is 285 g/mol. The van der Waals surface area contributed by atoms with Gasteiger partial charge in [-0.1, -0.05) is 52.0 Å². The molecule has 2 heteroatoms.